The fourth-order valence-electron chi connectivity index (χ4n) is 2.80. The van der Waals surface area contributed by atoms with Gasteiger partial charge in [-0.25, -0.2) is 4.79 Å². The molecule has 1 aliphatic rings. The Bertz CT molecular complexity index is 744. The molecule has 0 radical (unpaired) electrons. The van der Waals surface area contributed by atoms with E-state index < -0.39 is 0 Å². The summed E-state index contributed by atoms with van der Waals surface area (Å²) >= 11 is 14.1. The second kappa shape index (κ2) is 7.90. The monoisotopic (exact) mass is 394 g/mol. The molecule has 25 heavy (non-hydrogen) atoms. The number of rotatable bonds is 3. The number of hydrogen-bond acceptors (Lipinski definition) is 2. The van der Waals surface area contributed by atoms with E-state index in [2.05, 4.69) is 43.4 Å². The lowest BCUT2D eigenvalue weighted by atomic mass is 10.0. The average Bonchev–Trinajstić information content (AvgIpc) is 3.08. The number of nitrogens with zero attached hydrogens (tertiary/aromatic N) is 1. The summed E-state index contributed by atoms with van der Waals surface area (Å²) in [4.78, 5) is 14.6. The number of thioether (sulfide) groups is 1. The molecule has 0 aliphatic carbocycles. The highest BCUT2D eigenvalue weighted by molar-refractivity contribution is 7.99. The minimum atomic E-state index is -0.182. The summed E-state index contributed by atoms with van der Waals surface area (Å²) in [6, 6.07) is 13.5. The van der Waals surface area contributed by atoms with E-state index in [4.69, 9.17) is 23.2 Å². The molecule has 1 fully saturated rings. The van der Waals surface area contributed by atoms with Crippen molar-refractivity contribution in [1.29, 1.82) is 0 Å². The summed E-state index contributed by atoms with van der Waals surface area (Å²) in [7, 11) is 0. The SMILES string of the molecule is CC(C)c1ccc([C@@H]2SCCN2C(=O)Nc2c(Cl)cccc2Cl)cc1. The van der Waals surface area contributed by atoms with Gasteiger partial charge in [0.15, 0.2) is 0 Å². The van der Waals surface area contributed by atoms with E-state index in [0.29, 0.717) is 28.2 Å². The van der Waals surface area contributed by atoms with Crippen LogP contribution in [-0.4, -0.2) is 23.2 Å². The van der Waals surface area contributed by atoms with Crippen LogP contribution in [-0.2, 0) is 0 Å². The first-order chi connectivity index (χ1) is 12.0. The van der Waals surface area contributed by atoms with Gasteiger partial charge in [-0.3, -0.25) is 0 Å². The zero-order valence-corrected chi connectivity index (χ0v) is 16.5. The molecule has 6 heteroatoms. The van der Waals surface area contributed by atoms with Crippen molar-refractivity contribution in [2.45, 2.75) is 25.1 Å². The number of anilines is 1. The number of urea groups is 1. The van der Waals surface area contributed by atoms with Gasteiger partial charge in [-0.1, -0.05) is 67.4 Å². The Morgan fingerprint density at radius 3 is 2.40 bits per heavy atom. The molecule has 1 saturated heterocycles. The molecule has 1 heterocycles. The van der Waals surface area contributed by atoms with Crippen LogP contribution in [0.4, 0.5) is 10.5 Å². The first-order valence-corrected chi connectivity index (χ1v) is 10.0. The van der Waals surface area contributed by atoms with Gasteiger partial charge >= 0.3 is 6.03 Å². The first-order valence-electron chi connectivity index (χ1n) is 8.20. The molecule has 1 atom stereocenters. The van der Waals surface area contributed by atoms with Gasteiger partial charge in [0, 0.05) is 12.3 Å². The number of benzene rings is 2. The minimum Gasteiger partial charge on any atom is -0.308 e. The largest absolute Gasteiger partial charge is 0.323 e. The number of carbonyl (C=O) groups excluding carboxylic acids is 1. The van der Waals surface area contributed by atoms with Crippen molar-refractivity contribution in [1.82, 2.24) is 4.90 Å². The van der Waals surface area contributed by atoms with Crippen LogP contribution in [0.3, 0.4) is 0 Å². The molecule has 0 saturated carbocycles. The highest BCUT2D eigenvalue weighted by Gasteiger charge is 2.31. The smallest absolute Gasteiger partial charge is 0.308 e. The van der Waals surface area contributed by atoms with Crippen molar-refractivity contribution in [3.63, 3.8) is 0 Å². The molecule has 132 valence electrons. The van der Waals surface area contributed by atoms with Gasteiger partial charge in [0.25, 0.3) is 0 Å². The van der Waals surface area contributed by atoms with E-state index in [1.54, 1.807) is 30.0 Å². The van der Waals surface area contributed by atoms with Crippen molar-refractivity contribution in [2.24, 2.45) is 0 Å². The average molecular weight is 395 g/mol. The molecule has 3 rings (SSSR count). The van der Waals surface area contributed by atoms with Crippen LogP contribution in [0.15, 0.2) is 42.5 Å². The van der Waals surface area contributed by atoms with Crippen LogP contribution in [0.5, 0.6) is 0 Å². The lowest BCUT2D eigenvalue weighted by molar-refractivity contribution is 0.214. The summed E-state index contributed by atoms with van der Waals surface area (Å²) in [5, 5.41) is 3.73. The van der Waals surface area contributed by atoms with Crippen molar-refractivity contribution in [3.05, 3.63) is 63.6 Å². The fraction of sp³-hybridized carbons (Fsp3) is 0.316. The molecule has 0 bridgehead atoms. The highest BCUT2D eigenvalue weighted by atomic mass is 35.5. The lowest BCUT2D eigenvalue weighted by Crippen LogP contribution is -2.34. The molecule has 1 aliphatic heterocycles. The Hall–Kier alpha value is -1.36. The molecule has 0 spiro atoms. The van der Waals surface area contributed by atoms with Crippen molar-refractivity contribution in [3.8, 4) is 0 Å². The molecule has 2 aromatic rings. The molecular formula is C19H20Cl2N2OS. The predicted octanol–water partition coefficient (Wildman–Crippen LogP) is 6.40. The van der Waals surface area contributed by atoms with Gasteiger partial charge in [0.05, 0.1) is 15.7 Å². The zero-order chi connectivity index (χ0) is 18.0. The molecule has 0 aromatic heterocycles. The van der Waals surface area contributed by atoms with Crippen LogP contribution in [0.2, 0.25) is 10.0 Å². The molecule has 2 amide bonds. The fourth-order valence-corrected chi connectivity index (χ4v) is 4.54. The maximum Gasteiger partial charge on any atom is 0.323 e. The predicted molar refractivity (Wildman–Crippen MR) is 108 cm³/mol. The number of para-hydroxylation sites is 1. The van der Waals surface area contributed by atoms with Crippen LogP contribution < -0.4 is 5.32 Å². The Kier molecular flexibility index (Phi) is 5.82. The van der Waals surface area contributed by atoms with Crippen molar-refractivity contribution < 1.29 is 4.79 Å². The van der Waals surface area contributed by atoms with E-state index in [9.17, 15) is 4.79 Å². The Morgan fingerprint density at radius 1 is 1.16 bits per heavy atom. The Morgan fingerprint density at radius 2 is 1.80 bits per heavy atom. The maximum absolute atomic E-state index is 12.8. The summed E-state index contributed by atoms with van der Waals surface area (Å²) in [6.07, 6.45) is 0. The van der Waals surface area contributed by atoms with Crippen LogP contribution in [0.25, 0.3) is 0 Å². The first kappa shape index (κ1) is 18.4. The van der Waals surface area contributed by atoms with Gasteiger partial charge in [-0.2, -0.15) is 0 Å². The normalized spacial score (nSPS) is 17.2. The molecule has 2 aromatic carbocycles. The van der Waals surface area contributed by atoms with Gasteiger partial charge in [-0.05, 0) is 29.2 Å². The second-order valence-corrected chi connectivity index (χ2v) is 8.27. The Balaban J connectivity index is 1.78. The van der Waals surface area contributed by atoms with Crippen LogP contribution >= 0.6 is 35.0 Å². The maximum atomic E-state index is 12.8. The lowest BCUT2D eigenvalue weighted by Gasteiger charge is -2.25. The number of nitrogens with one attached hydrogen (secondary N) is 1. The second-order valence-electron chi connectivity index (χ2n) is 6.26. The molecule has 0 unspecified atom stereocenters. The standard InChI is InChI=1S/C19H20Cl2N2OS/c1-12(2)13-6-8-14(9-7-13)18-23(10-11-25-18)19(24)22-17-15(20)4-3-5-16(17)21/h3-9,12,18H,10-11H2,1-2H3,(H,22,24)/t18-/m0/s1. The number of hydrogen-bond donors (Lipinski definition) is 1. The highest BCUT2D eigenvalue weighted by Crippen LogP contribution is 2.39. The topological polar surface area (TPSA) is 32.3 Å². The van der Waals surface area contributed by atoms with Crippen LogP contribution in [0, 0.1) is 0 Å². The van der Waals surface area contributed by atoms with Gasteiger partial charge in [0.1, 0.15) is 5.37 Å². The van der Waals surface area contributed by atoms with E-state index in [1.807, 2.05) is 4.90 Å². The molecular weight excluding hydrogens is 375 g/mol. The van der Waals surface area contributed by atoms with Gasteiger partial charge in [0.2, 0.25) is 0 Å². The summed E-state index contributed by atoms with van der Waals surface area (Å²) in [6.45, 7) is 5.04. The Labute approximate surface area is 162 Å². The summed E-state index contributed by atoms with van der Waals surface area (Å²) in [5.41, 5.74) is 2.89. The van der Waals surface area contributed by atoms with Gasteiger partial charge in [-0.15, -0.1) is 11.8 Å². The third-order valence-electron chi connectivity index (χ3n) is 4.23. The molecule has 3 nitrogen and oxygen atoms in total. The number of carbonyl (C=O) groups is 1. The zero-order valence-electron chi connectivity index (χ0n) is 14.1. The van der Waals surface area contributed by atoms with Gasteiger partial charge < -0.3 is 10.2 Å². The minimum absolute atomic E-state index is 0.00229. The van der Waals surface area contributed by atoms with E-state index in [1.165, 1.54) is 5.56 Å². The van der Waals surface area contributed by atoms with E-state index in [-0.39, 0.29) is 11.4 Å². The third-order valence-corrected chi connectivity index (χ3v) is 6.13. The van der Waals surface area contributed by atoms with E-state index in [0.717, 1.165) is 11.3 Å². The summed E-state index contributed by atoms with van der Waals surface area (Å²) < 4.78 is 0. The van der Waals surface area contributed by atoms with E-state index >= 15 is 0 Å². The van der Waals surface area contributed by atoms with Crippen LogP contribution in [0.1, 0.15) is 36.3 Å². The number of amides is 2. The molecule has 1 N–H and O–H groups in total. The van der Waals surface area contributed by atoms with Crippen molar-refractivity contribution in [2.75, 3.05) is 17.6 Å². The third kappa shape index (κ3) is 4.08. The summed E-state index contributed by atoms with van der Waals surface area (Å²) in [5.74, 6) is 1.40. The number of halogens is 2. The quantitative estimate of drug-likeness (QED) is 0.653. The van der Waals surface area contributed by atoms with Crippen molar-refractivity contribution >= 4 is 46.7 Å².